The summed E-state index contributed by atoms with van der Waals surface area (Å²) in [5, 5.41) is 4.21. The molecular weight excluding hydrogens is 460 g/mol. The molecule has 1 aromatic heterocycles. The lowest BCUT2D eigenvalue weighted by molar-refractivity contribution is -0.119. The second-order valence-corrected chi connectivity index (χ2v) is 12.2. The van der Waals surface area contributed by atoms with E-state index in [2.05, 4.69) is 40.9 Å². The second kappa shape index (κ2) is 8.00. The maximum atomic E-state index is 12.7. The van der Waals surface area contributed by atoms with Gasteiger partial charge in [0.2, 0.25) is 5.91 Å². The topological polar surface area (TPSA) is 80.8 Å². The molecular formula is C26H34N6O2S. The summed E-state index contributed by atoms with van der Waals surface area (Å²) in [6.07, 6.45) is 4.45. The van der Waals surface area contributed by atoms with E-state index >= 15 is 0 Å². The quantitative estimate of drug-likeness (QED) is 0.594. The van der Waals surface area contributed by atoms with Gasteiger partial charge < -0.3 is 20.0 Å². The fraction of sp³-hybridized carbons (Fsp3) is 0.577. The minimum absolute atomic E-state index is 0.0620. The van der Waals surface area contributed by atoms with Gasteiger partial charge in [-0.15, -0.1) is 0 Å². The number of piperazine rings is 1. The number of hydrogen-bond donors (Lipinski definition) is 2. The van der Waals surface area contributed by atoms with Crippen molar-refractivity contribution in [3.63, 3.8) is 0 Å². The molecule has 3 saturated carbocycles. The van der Waals surface area contributed by atoms with E-state index in [0.29, 0.717) is 24.8 Å². The number of carbonyl (C=O) groups excluding carboxylic acids is 2. The molecule has 1 aliphatic heterocycles. The number of pyridine rings is 1. The fourth-order valence-corrected chi connectivity index (χ4v) is 6.01. The van der Waals surface area contributed by atoms with E-state index in [1.807, 2.05) is 11.0 Å². The van der Waals surface area contributed by atoms with E-state index in [0.717, 1.165) is 53.0 Å². The molecule has 186 valence electrons. The second-order valence-electron chi connectivity index (χ2n) is 11.3. The SMILES string of the molecule is Cc1cc(NC(=O)C23CC2C3)nc2cc(SNC3(C)CC3)cc(N3CCN(C(=O)N(C)C)CC3)c12. The molecule has 0 unspecified atom stereocenters. The number of nitrogens with zero attached hydrogens (tertiary/aromatic N) is 4. The van der Waals surface area contributed by atoms with Crippen LogP contribution in [0.15, 0.2) is 23.1 Å². The predicted molar refractivity (Wildman–Crippen MR) is 140 cm³/mol. The Balaban J connectivity index is 1.30. The predicted octanol–water partition coefficient (Wildman–Crippen LogP) is 3.84. The highest BCUT2D eigenvalue weighted by Gasteiger charge is 2.74. The highest BCUT2D eigenvalue weighted by atomic mass is 32.2. The van der Waals surface area contributed by atoms with Crippen LogP contribution in [0, 0.1) is 18.3 Å². The zero-order valence-electron chi connectivity index (χ0n) is 21.0. The van der Waals surface area contributed by atoms with Crippen molar-refractivity contribution < 1.29 is 9.59 Å². The lowest BCUT2D eigenvalue weighted by atomic mass is 10.1. The van der Waals surface area contributed by atoms with Gasteiger partial charge in [-0.3, -0.25) is 9.52 Å². The summed E-state index contributed by atoms with van der Waals surface area (Å²) >= 11 is 1.66. The Morgan fingerprint density at radius 2 is 1.80 bits per heavy atom. The minimum atomic E-state index is -0.0826. The van der Waals surface area contributed by atoms with Gasteiger partial charge in [-0.25, -0.2) is 9.78 Å². The van der Waals surface area contributed by atoms with Gasteiger partial charge in [-0.2, -0.15) is 0 Å². The van der Waals surface area contributed by atoms with Gasteiger partial charge in [0.05, 0.1) is 10.9 Å². The highest BCUT2D eigenvalue weighted by Crippen LogP contribution is 2.75. The number of carbonyl (C=O) groups is 2. The number of aryl methyl sites for hydroxylation is 1. The number of fused-ring (bicyclic) bond motifs is 2. The zero-order chi connectivity index (χ0) is 24.5. The Labute approximate surface area is 210 Å². The molecule has 4 fully saturated rings. The first-order chi connectivity index (χ1) is 16.7. The van der Waals surface area contributed by atoms with Crippen LogP contribution in [0.25, 0.3) is 10.9 Å². The molecule has 6 rings (SSSR count). The van der Waals surface area contributed by atoms with Crippen molar-refractivity contribution in [2.75, 3.05) is 50.5 Å². The van der Waals surface area contributed by atoms with Gasteiger partial charge in [0.25, 0.3) is 0 Å². The summed E-state index contributed by atoms with van der Waals surface area (Å²) in [5.41, 5.74) is 3.28. The third kappa shape index (κ3) is 4.22. The van der Waals surface area contributed by atoms with Gasteiger partial charge in [-0.1, -0.05) is 0 Å². The number of amides is 3. The van der Waals surface area contributed by atoms with Crippen LogP contribution in [0.1, 0.15) is 38.2 Å². The lowest BCUT2D eigenvalue weighted by Gasteiger charge is -2.38. The third-order valence-electron chi connectivity index (χ3n) is 8.12. The molecule has 0 radical (unpaired) electrons. The Morgan fingerprint density at radius 1 is 1.11 bits per heavy atom. The van der Waals surface area contributed by atoms with Gasteiger partial charge in [0.15, 0.2) is 0 Å². The van der Waals surface area contributed by atoms with Gasteiger partial charge in [0, 0.05) is 61.8 Å². The molecule has 3 amide bonds. The molecule has 1 aromatic carbocycles. The third-order valence-corrected chi connectivity index (χ3v) is 9.19. The van der Waals surface area contributed by atoms with E-state index in [9.17, 15) is 9.59 Å². The molecule has 3 aliphatic carbocycles. The summed E-state index contributed by atoms with van der Waals surface area (Å²) in [5.74, 6) is 1.37. The largest absolute Gasteiger partial charge is 0.367 e. The molecule has 0 bridgehead atoms. The number of urea groups is 1. The van der Waals surface area contributed by atoms with Crippen LogP contribution in [-0.4, -0.2) is 72.5 Å². The summed E-state index contributed by atoms with van der Waals surface area (Å²) in [6, 6.07) is 6.45. The summed E-state index contributed by atoms with van der Waals surface area (Å²) in [4.78, 5) is 37.1. The molecule has 35 heavy (non-hydrogen) atoms. The summed E-state index contributed by atoms with van der Waals surface area (Å²) < 4.78 is 3.62. The maximum absolute atomic E-state index is 12.7. The monoisotopic (exact) mass is 494 g/mol. The molecule has 4 aliphatic rings. The van der Waals surface area contributed by atoms with Crippen molar-refractivity contribution in [3.8, 4) is 0 Å². The highest BCUT2D eigenvalue weighted by molar-refractivity contribution is 7.97. The molecule has 1 saturated heterocycles. The number of hydrogen-bond acceptors (Lipinski definition) is 6. The molecule has 8 nitrogen and oxygen atoms in total. The molecule has 2 aromatic rings. The van der Waals surface area contributed by atoms with Crippen molar-refractivity contribution in [1.29, 1.82) is 0 Å². The van der Waals surface area contributed by atoms with Crippen molar-refractivity contribution in [1.82, 2.24) is 19.5 Å². The Kier molecular flexibility index (Phi) is 5.23. The number of benzene rings is 1. The number of nitrogens with one attached hydrogen (secondary N) is 2. The first kappa shape index (κ1) is 22.9. The van der Waals surface area contributed by atoms with Crippen LogP contribution in [-0.2, 0) is 4.79 Å². The Hall–Kier alpha value is -2.52. The van der Waals surface area contributed by atoms with E-state index in [1.54, 1.807) is 30.9 Å². The Morgan fingerprint density at radius 3 is 2.40 bits per heavy atom. The fourth-order valence-electron chi connectivity index (χ4n) is 5.10. The van der Waals surface area contributed by atoms with Gasteiger partial charge in [-0.05, 0) is 81.2 Å². The van der Waals surface area contributed by atoms with Gasteiger partial charge in [0.1, 0.15) is 5.82 Å². The molecule has 0 atom stereocenters. The number of anilines is 2. The first-order valence-corrected chi connectivity index (χ1v) is 13.4. The van der Waals surface area contributed by atoms with E-state index in [1.165, 1.54) is 12.8 Å². The molecule has 9 heteroatoms. The number of aromatic nitrogens is 1. The summed E-state index contributed by atoms with van der Waals surface area (Å²) in [7, 11) is 3.60. The maximum Gasteiger partial charge on any atom is 0.319 e. The standard InChI is InChI=1S/C26H34N6O2S/c1-16-11-21(28-23(33)26-14-17(26)15-26)27-19-12-18(35-29-25(2)5-6-25)13-20(22(16)19)31-7-9-32(10-8-31)24(34)30(3)4/h11-13,17,29H,5-10,14-15H2,1-4H3,(H,27,28,33). The van der Waals surface area contributed by atoms with Crippen LogP contribution >= 0.6 is 11.9 Å². The number of rotatable bonds is 6. The van der Waals surface area contributed by atoms with Crippen molar-refractivity contribution >= 4 is 46.3 Å². The van der Waals surface area contributed by atoms with Gasteiger partial charge >= 0.3 is 6.03 Å². The molecule has 2 heterocycles. The van der Waals surface area contributed by atoms with Crippen molar-refractivity contribution in [3.05, 3.63) is 23.8 Å². The van der Waals surface area contributed by atoms with Crippen molar-refractivity contribution in [2.24, 2.45) is 11.3 Å². The van der Waals surface area contributed by atoms with E-state index in [4.69, 9.17) is 4.98 Å². The molecule has 0 spiro atoms. The molecule has 2 N–H and O–H groups in total. The van der Waals surface area contributed by atoms with E-state index < -0.39 is 0 Å². The average Bonchev–Trinajstić information content (AvgIpc) is 3.73. The van der Waals surface area contributed by atoms with Crippen LogP contribution in [0.3, 0.4) is 0 Å². The first-order valence-electron chi connectivity index (χ1n) is 12.6. The van der Waals surface area contributed by atoms with Crippen molar-refractivity contribution in [2.45, 2.75) is 50.0 Å². The average molecular weight is 495 g/mol. The zero-order valence-corrected chi connectivity index (χ0v) is 21.8. The summed E-state index contributed by atoms with van der Waals surface area (Å²) in [6.45, 7) is 7.28. The van der Waals surface area contributed by atoms with Crippen LogP contribution < -0.4 is 14.9 Å². The normalized spacial score (nSPS) is 25.8. The van der Waals surface area contributed by atoms with Crippen LogP contribution in [0.2, 0.25) is 0 Å². The Bertz CT molecular complexity index is 1210. The lowest BCUT2D eigenvalue weighted by Crippen LogP contribution is -2.51. The smallest absolute Gasteiger partial charge is 0.319 e. The van der Waals surface area contributed by atoms with Crippen LogP contribution in [0.4, 0.5) is 16.3 Å². The van der Waals surface area contributed by atoms with Crippen LogP contribution in [0.5, 0.6) is 0 Å². The van der Waals surface area contributed by atoms with E-state index in [-0.39, 0.29) is 22.9 Å². The minimum Gasteiger partial charge on any atom is -0.367 e.